The monoisotopic (exact) mass is 228 g/mol. The highest BCUT2D eigenvalue weighted by atomic mass is 16.4. The Hall–Kier alpha value is -1.26. The smallest absolute Gasteiger partial charge is 0.404 e. The van der Waals surface area contributed by atoms with Gasteiger partial charge in [0.2, 0.25) is 5.91 Å². The Kier molecular flexibility index (Phi) is 3.78. The van der Waals surface area contributed by atoms with Crippen LogP contribution in [0.4, 0.5) is 4.79 Å². The summed E-state index contributed by atoms with van der Waals surface area (Å²) in [6.45, 7) is 5.81. The van der Waals surface area contributed by atoms with Crippen LogP contribution in [-0.4, -0.2) is 28.7 Å². The minimum Gasteiger partial charge on any atom is -0.465 e. The SMILES string of the molecule is CC(C)(C)NC(=O)[C@@H]1CCC(NC(=O)O)C1. The lowest BCUT2D eigenvalue weighted by molar-refractivity contribution is -0.126. The van der Waals surface area contributed by atoms with E-state index in [-0.39, 0.29) is 23.4 Å². The molecule has 16 heavy (non-hydrogen) atoms. The molecule has 1 unspecified atom stereocenters. The number of hydrogen-bond donors (Lipinski definition) is 3. The Balaban J connectivity index is 2.41. The van der Waals surface area contributed by atoms with Gasteiger partial charge in [0.15, 0.2) is 0 Å². The summed E-state index contributed by atoms with van der Waals surface area (Å²) < 4.78 is 0. The molecule has 0 aliphatic heterocycles. The Bertz CT molecular complexity index is 283. The van der Waals surface area contributed by atoms with E-state index in [1.165, 1.54) is 0 Å². The van der Waals surface area contributed by atoms with E-state index in [0.29, 0.717) is 6.42 Å². The van der Waals surface area contributed by atoms with Crippen molar-refractivity contribution in [3.63, 3.8) is 0 Å². The summed E-state index contributed by atoms with van der Waals surface area (Å²) in [5, 5.41) is 13.9. The van der Waals surface area contributed by atoms with Crippen molar-refractivity contribution in [2.75, 3.05) is 0 Å². The van der Waals surface area contributed by atoms with E-state index < -0.39 is 6.09 Å². The topological polar surface area (TPSA) is 78.4 Å². The third-order valence-electron chi connectivity index (χ3n) is 2.63. The third kappa shape index (κ3) is 4.08. The normalized spacial score (nSPS) is 25.2. The standard InChI is InChI=1S/C11H20N2O3/c1-11(2,3)13-9(14)7-4-5-8(6-7)12-10(15)16/h7-8,12H,4-6H2,1-3H3,(H,13,14)(H,15,16)/t7-,8?/m1/s1. The number of nitrogens with one attached hydrogen (secondary N) is 2. The molecule has 0 aromatic heterocycles. The molecule has 0 aromatic carbocycles. The van der Waals surface area contributed by atoms with E-state index in [4.69, 9.17) is 5.11 Å². The molecule has 5 heteroatoms. The van der Waals surface area contributed by atoms with Crippen LogP contribution in [0.15, 0.2) is 0 Å². The van der Waals surface area contributed by atoms with E-state index in [2.05, 4.69) is 10.6 Å². The van der Waals surface area contributed by atoms with Gasteiger partial charge in [-0.05, 0) is 40.0 Å². The zero-order valence-electron chi connectivity index (χ0n) is 10.0. The van der Waals surface area contributed by atoms with Gasteiger partial charge in [-0.15, -0.1) is 0 Å². The minimum absolute atomic E-state index is 0.0298. The number of amides is 2. The maximum Gasteiger partial charge on any atom is 0.404 e. The molecule has 3 N–H and O–H groups in total. The molecular weight excluding hydrogens is 208 g/mol. The summed E-state index contributed by atoms with van der Waals surface area (Å²) >= 11 is 0. The second kappa shape index (κ2) is 4.72. The Morgan fingerprint density at radius 3 is 2.38 bits per heavy atom. The summed E-state index contributed by atoms with van der Waals surface area (Å²) in [5.74, 6) is -0.0294. The molecule has 1 rings (SSSR count). The van der Waals surface area contributed by atoms with Gasteiger partial charge in [0.05, 0.1) is 0 Å². The first kappa shape index (κ1) is 12.8. The highest BCUT2D eigenvalue weighted by Crippen LogP contribution is 2.26. The first-order valence-electron chi connectivity index (χ1n) is 5.59. The van der Waals surface area contributed by atoms with Crippen LogP contribution >= 0.6 is 0 Å². The molecule has 0 heterocycles. The fourth-order valence-corrected chi connectivity index (χ4v) is 2.00. The van der Waals surface area contributed by atoms with Crippen molar-refractivity contribution in [3.05, 3.63) is 0 Å². The molecule has 1 saturated carbocycles. The van der Waals surface area contributed by atoms with Crippen molar-refractivity contribution in [2.24, 2.45) is 5.92 Å². The van der Waals surface area contributed by atoms with E-state index in [0.717, 1.165) is 12.8 Å². The summed E-state index contributed by atoms with van der Waals surface area (Å²) in [7, 11) is 0. The van der Waals surface area contributed by atoms with Gasteiger partial charge in [0, 0.05) is 17.5 Å². The highest BCUT2D eigenvalue weighted by molar-refractivity contribution is 5.79. The summed E-state index contributed by atoms with van der Waals surface area (Å²) in [6.07, 6.45) is 1.09. The van der Waals surface area contributed by atoms with Gasteiger partial charge >= 0.3 is 6.09 Å². The third-order valence-corrected chi connectivity index (χ3v) is 2.63. The van der Waals surface area contributed by atoms with Crippen LogP contribution in [0.5, 0.6) is 0 Å². The van der Waals surface area contributed by atoms with Crippen molar-refractivity contribution in [3.8, 4) is 0 Å². The molecule has 2 amide bonds. The van der Waals surface area contributed by atoms with Crippen molar-refractivity contribution in [1.82, 2.24) is 10.6 Å². The lowest BCUT2D eigenvalue weighted by atomic mass is 10.0. The first-order valence-corrected chi connectivity index (χ1v) is 5.59. The zero-order chi connectivity index (χ0) is 12.3. The van der Waals surface area contributed by atoms with E-state index in [1.54, 1.807) is 0 Å². The molecule has 0 radical (unpaired) electrons. The van der Waals surface area contributed by atoms with Crippen molar-refractivity contribution < 1.29 is 14.7 Å². The van der Waals surface area contributed by atoms with E-state index >= 15 is 0 Å². The van der Waals surface area contributed by atoms with Crippen LogP contribution in [-0.2, 0) is 4.79 Å². The van der Waals surface area contributed by atoms with Crippen LogP contribution < -0.4 is 10.6 Å². The van der Waals surface area contributed by atoms with Gasteiger partial charge < -0.3 is 15.7 Å². The van der Waals surface area contributed by atoms with Gasteiger partial charge in [0.25, 0.3) is 0 Å². The lowest BCUT2D eigenvalue weighted by Gasteiger charge is -2.23. The van der Waals surface area contributed by atoms with Gasteiger partial charge in [0.1, 0.15) is 0 Å². The Labute approximate surface area is 95.6 Å². The Morgan fingerprint density at radius 2 is 1.88 bits per heavy atom. The minimum atomic E-state index is -1.01. The molecule has 1 aliphatic rings. The van der Waals surface area contributed by atoms with Crippen LogP contribution in [0.1, 0.15) is 40.0 Å². The second-order valence-corrected chi connectivity index (χ2v) is 5.40. The fourth-order valence-electron chi connectivity index (χ4n) is 2.00. The average molecular weight is 228 g/mol. The van der Waals surface area contributed by atoms with E-state index in [1.807, 2.05) is 20.8 Å². The van der Waals surface area contributed by atoms with Crippen molar-refractivity contribution in [2.45, 2.75) is 51.6 Å². The van der Waals surface area contributed by atoms with Gasteiger partial charge in [-0.2, -0.15) is 0 Å². The average Bonchev–Trinajstić information content (AvgIpc) is 2.48. The summed E-state index contributed by atoms with van der Waals surface area (Å²) in [4.78, 5) is 22.3. The maximum absolute atomic E-state index is 11.8. The molecule has 1 aliphatic carbocycles. The largest absolute Gasteiger partial charge is 0.465 e. The zero-order valence-corrected chi connectivity index (χ0v) is 10.0. The van der Waals surface area contributed by atoms with Crippen molar-refractivity contribution >= 4 is 12.0 Å². The molecule has 2 atom stereocenters. The first-order chi connectivity index (χ1) is 7.28. The molecule has 5 nitrogen and oxygen atoms in total. The van der Waals surface area contributed by atoms with Crippen LogP contribution in [0, 0.1) is 5.92 Å². The van der Waals surface area contributed by atoms with E-state index in [9.17, 15) is 9.59 Å². The predicted molar refractivity (Wildman–Crippen MR) is 60.2 cm³/mol. The number of rotatable bonds is 2. The Morgan fingerprint density at radius 1 is 1.25 bits per heavy atom. The van der Waals surface area contributed by atoms with Crippen LogP contribution in [0.2, 0.25) is 0 Å². The summed E-state index contributed by atoms with van der Waals surface area (Å²) in [5.41, 5.74) is -0.227. The maximum atomic E-state index is 11.8. The van der Waals surface area contributed by atoms with Crippen LogP contribution in [0.3, 0.4) is 0 Å². The lowest BCUT2D eigenvalue weighted by Crippen LogP contribution is -2.43. The van der Waals surface area contributed by atoms with Gasteiger partial charge in [-0.3, -0.25) is 4.79 Å². The van der Waals surface area contributed by atoms with Gasteiger partial charge in [-0.25, -0.2) is 4.79 Å². The van der Waals surface area contributed by atoms with Crippen LogP contribution in [0.25, 0.3) is 0 Å². The quantitative estimate of drug-likeness (QED) is 0.667. The molecular formula is C11H20N2O3. The molecule has 0 saturated heterocycles. The van der Waals surface area contributed by atoms with Gasteiger partial charge in [-0.1, -0.05) is 0 Å². The molecule has 0 spiro atoms. The molecule has 0 bridgehead atoms. The summed E-state index contributed by atoms with van der Waals surface area (Å²) in [6, 6.07) is -0.0757. The fraction of sp³-hybridized carbons (Fsp3) is 0.818. The van der Waals surface area contributed by atoms with Crippen molar-refractivity contribution in [1.29, 1.82) is 0 Å². The number of carbonyl (C=O) groups is 2. The predicted octanol–water partition coefficient (Wildman–Crippen LogP) is 1.34. The number of hydrogen-bond acceptors (Lipinski definition) is 2. The number of carboxylic acid groups (broad SMARTS) is 1. The molecule has 0 aromatic rings. The highest BCUT2D eigenvalue weighted by Gasteiger charge is 2.32. The molecule has 1 fully saturated rings. The molecule has 92 valence electrons. The number of carbonyl (C=O) groups excluding carboxylic acids is 1. The second-order valence-electron chi connectivity index (χ2n) is 5.40.